The first-order valence-electron chi connectivity index (χ1n) is 9.55. The van der Waals surface area contributed by atoms with E-state index in [-0.39, 0.29) is 23.3 Å². The number of nitrogen functional groups attached to an aromatic ring is 1. The van der Waals surface area contributed by atoms with Gasteiger partial charge in [-0.05, 0) is 13.0 Å². The lowest BCUT2D eigenvalue weighted by Gasteiger charge is -2.21. The Bertz CT molecular complexity index is 1260. The van der Waals surface area contributed by atoms with E-state index in [0.717, 1.165) is 16.8 Å². The molecule has 31 heavy (non-hydrogen) atoms. The molecule has 0 aliphatic rings. The van der Waals surface area contributed by atoms with Crippen molar-refractivity contribution < 1.29 is 4.79 Å². The van der Waals surface area contributed by atoms with Crippen molar-refractivity contribution >= 4 is 34.8 Å². The molecule has 4 aromatic rings. The molecule has 0 bridgehead atoms. The SMILES string of the molecule is C[C@H](Nc1ncnc(N)c1C(=O)N(C)C)c1cc2ncc(Cl)n2nc1-c1ccccc1. The highest BCUT2D eigenvalue weighted by Crippen LogP contribution is 2.31. The first kappa shape index (κ1) is 20.5. The van der Waals surface area contributed by atoms with Crippen LogP contribution in [0.2, 0.25) is 5.15 Å². The quantitative estimate of drug-likeness (QED) is 0.493. The summed E-state index contributed by atoms with van der Waals surface area (Å²) in [5.41, 5.74) is 9.34. The van der Waals surface area contributed by atoms with Crippen molar-refractivity contribution in [2.24, 2.45) is 0 Å². The van der Waals surface area contributed by atoms with Crippen LogP contribution >= 0.6 is 11.6 Å². The zero-order chi connectivity index (χ0) is 22.1. The highest BCUT2D eigenvalue weighted by molar-refractivity contribution is 6.29. The van der Waals surface area contributed by atoms with Gasteiger partial charge in [-0.25, -0.2) is 19.5 Å². The van der Waals surface area contributed by atoms with Gasteiger partial charge in [-0.15, -0.1) is 0 Å². The molecular weight excluding hydrogens is 416 g/mol. The molecule has 0 aliphatic carbocycles. The average molecular weight is 437 g/mol. The van der Waals surface area contributed by atoms with Gasteiger partial charge in [0.25, 0.3) is 5.91 Å². The molecule has 1 aromatic carbocycles. The number of hydrogen-bond acceptors (Lipinski definition) is 7. The molecule has 0 aliphatic heterocycles. The molecule has 1 amide bonds. The average Bonchev–Trinajstić information content (AvgIpc) is 3.13. The number of rotatable bonds is 5. The normalized spacial score (nSPS) is 12.0. The van der Waals surface area contributed by atoms with Crippen molar-refractivity contribution in [2.75, 3.05) is 25.1 Å². The number of nitrogens with zero attached hydrogens (tertiary/aromatic N) is 6. The lowest BCUT2D eigenvalue weighted by atomic mass is 10.0. The number of carbonyl (C=O) groups is 1. The Kier molecular flexibility index (Phi) is 5.43. The predicted octanol–water partition coefficient (Wildman–Crippen LogP) is 3.30. The third-order valence-corrected chi connectivity index (χ3v) is 5.10. The Morgan fingerprint density at radius 3 is 2.65 bits per heavy atom. The number of amides is 1. The second kappa shape index (κ2) is 8.19. The van der Waals surface area contributed by atoms with E-state index in [4.69, 9.17) is 22.4 Å². The summed E-state index contributed by atoms with van der Waals surface area (Å²) in [6.45, 7) is 1.95. The molecule has 3 heterocycles. The van der Waals surface area contributed by atoms with Gasteiger partial charge in [0, 0.05) is 25.2 Å². The minimum Gasteiger partial charge on any atom is -0.383 e. The Labute approximate surface area is 183 Å². The number of fused-ring (bicyclic) bond motifs is 1. The second-order valence-electron chi connectivity index (χ2n) is 7.21. The topological polar surface area (TPSA) is 114 Å². The molecule has 0 fully saturated rings. The van der Waals surface area contributed by atoms with Gasteiger partial charge in [-0.3, -0.25) is 4.79 Å². The summed E-state index contributed by atoms with van der Waals surface area (Å²) in [6.07, 6.45) is 2.88. The van der Waals surface area contributed by atoms with Crippen LogP contribution in [0, 0.1) is 0 Å². The van der Waals surface area contributed by atoms with Crippen LogP contribution in [-0.4, -0.2) is 49.5 Å². The van der Waals surface area contributed by atoms with E-state index in [1.807, 2.05) is 43.3 Å². The molecule has 9 nitrogen and oxygen atoms in total. The Morgan fingerprint density at radius 1 is 1.19 bits per heavy atom. The molecule has 0 radical (unpaired) electrons. The molecule has 10 heteroatoms. The van der Waals surface area contributed by atoms with Gasteiger partial charge in [0.1, 0.15) is 23.5 Å². The Morgan fingerprint density at radius 2 is 1.94 bits per heavy atom. The van der Waals surface area contributed by atoms with Gasteiger partial charge in [0.2, 0.25) is 0 Å². The number of hydrogen-bond donors (Lipinski definition) is 2. The van der Waals surface area contributed by atoms with Gasteiger partial charge in [0.05, 0.1) is 17.9 Å². The van der Waals surface area contributed by atoms with Crippen LogP contribution in [0.5, 0.6) is 0 Å². The molecule has 0 unspecified atom stereocenters. The van der Waals surface area contributed by atoms with Crippen LogP contribution in [0.3, 0.4) is 0 Å². The predicted molar refractivity (Wildman–Crippen MR) is 120 cm³/mol. The Balaban J connectivity index is 1.81. The van der Waals surface area contributed by atoms with E-state index in [0.29, 0.717) is 16.6 Å². The van der Waals surface area contributed by atoms with Crippen molar-refractivity contribution in [3.63, 3.8) is 0 Å². The number of benzene rings is 1. The van der Waals surface area contributed by atoms with Gasteiger partial charge >= 0.3 is 0 Å². The molecule has 3 N–H and O–H groups in total. The second-order valence-corrected chi connectivity index (χ2v) is 7.60. The lowest BCUT2D eigenvalue weighted by Crippen LogP contribution is -2.25. The van der Waals surface area contributed by atoms with Crippen molar-refractivity contribution in [1.29, 1.82) is 0 Å². The van der Waals surface area contributed by atoms with Crippen LogP contribution < -0.4 is 11.1 Å². The summed E-state index contributed by atoms with van der Waals surface area (Å²) < 4.78 is 1.59. The summed E-state index contributed by atoms with van der Waals surface area (Å²) in [4.78, 5) is 26.6. The molecular formula is C21H21ClN8O. The minimum atomic E-state index is -0.287. The zero-order valence-corrected chi connectivity index (χ0v) is 18.0. The maximum absolute atomic E-state index is 12.7. The van der Waals surface area contributed by atoms with Gasteiger partial charge < -0.3 is 16.0 Å². The minimum absolute atomic E-state index is 0.111. The number of carbonyl (C=O) groups excluding carboxylic acids is 1. The fourth-order valence-electron chi connectivity index (χ4n) is 3.28. The fraction of sp³-hybridized carbons (Fsp3) is 0.190. The maximum atomic E-state index is 12.7. The van der Waals surface area contributed by atoms with Crippen molar-refractivity contribution in [3.05, 3.63) is 65.2 Å². The van der Waals surface area contributed by atoms with Crippen LogP contribution in [0.15, 0.2) is 48.9 Å². The van der Waals surface area contributed by atoms with E-state index in [1.165, 1.54) is 11.2 Å². The first-order valence-corrected chi connectivity index (χ1v) is 9.93. The molecule has 0 spiro atoms. The molecule has 3 aromatic heterocycles. The van der Waals surface area contributed by atoms with E-state index in [9.17, 15) is 4.79 Å². The molecule has 158 valence electrons. The third kappa shape index (κ3) is 3.87. The molecule has 1 atom stereocenters. The van der Waals surface area contributed by atoms with E-state index >= 15 is 0 Å². The first-order chi connectivity index (χ1) is 14.9. The largest absolute Gasteiger partial charge is 0.383 e. The number of aromatic nitrogens is 5. The smallest absolute Gasteiger partial charge is 0.260 e. The summed E-state index contributed by atoms with van der Waals surface area (Å²) in [5.74, 6) is 0.170. The lowest BCUT2D eigenvalue weighted by molar-refractivity contribution is 0.0829. The monoisotopic (exact) mass is 436 g/mol. The van der Waals surface area contributed by atoms with E-state index in [2.05, 4.69) is 20.3 Å². The summed E-state index contributed by atoms with van der Waals surface area (Å²) >= 11 is 6.25. The van der Waals surface area contributed by atoms with Gasteiger partial charge in [-0.2, -0.15) is 5.10 Å². The van der Waals surface area contributed by atoms with E-state index < -0.39 is 0 Å². The van der Waals surface area contributed by atoms with Crippen molar-refractivity contribution in [1.82, 2.24) is 29.5 Å². The fourth-order valence-corrected chi connectivity index (χ4v) is 3.45. The number of halogens is 1. The summed E-state index contributed by atoms with van der Waals surface area (Å²) in [5, 5.41) is 8.44. The molecule has 0 saturated carbocycles. The number of imidazole rings is 1. The standard InChI is InChI=1S/C21H21ClN8O/c1-12(27-20-17(21(31)29(2)3)19(23)25-11-26-20)14-9-16-24-10-15(22)30(16)28-18(14)13-7-5-4-6-8-13/h4-12H,1-3H3,(H3,23,25,26,27)/t12-/m0/s1. The van der Waals surface area contributed by atoms with Crippen molar-refractivity contribution in [2.45, 2.75) is 13.0 Å². The molecule has 0 saturated heterocycles. The van der Waals surface area contributed by atoms with Crippen LogP contribution in [-0.2, 0) is 0 Å². The Hall–Kier alpha value is -3.72. The highest BCUT2D eigenvalue weighted by atomic mass is 35.5. The van der Waals surface area contributed by atoms with Gasteiger partial charge in [-0.1, -0.05) is 41.9 Å². The van der Waals surface area contributed by atoms with Crippen LogP contribution in [0.1, 0.15) is 28.9 Å². The van der Waals surface area contributed by atoms with Crippen molar-refractivity contribution in [3.8, 4) is 11.3 Å². The summed E-state index contributed by atoms with van der Waals surface area (Å²) in [7, 11) is 3.30. The van der Waals surface area contributed by atoms with Crippen LogP contribution in [0.4, 0.5) is 11.6 Å². The van der Waals surface area contributed by atoms with Gasteiger partial charge in [0.15, 0.2) is 10.8 Å². The zero-order valence-electron chi connectivity index (χ0n) is 17.2. The highest BCUT2D eigenvalue weighted by Gasteiger charge is 2.23. The third-order valence-electron chi connectivity index (χ3n) is 4.84. The maximum Gasteiger partial charge on any atom is 0.260 e. The summed E-state index contributed by atoms with van der Waals surface area (Å²) in [6, 6.07) is 11.4. The number of anilines is 2. The number of nitrogens with two attached hydrogens (primary N) is 1. The van der Waals surface area contributed by atoms with Crippen LogP contribution in [0.25, 0.3) is 16.9 Å². The number of nitrogens with one attached hydrogen (secondary N) is 1. The molecule has 4 rings (SSSR count). The van der Waals surface area contributed by atoms with E-state index in [1.54, 1.807) is 24.8 Å².